The fraction of sp³-hybridized carbons (Fsp3) is 0.714. The first-order valence-corrected chi connectivity index (χ1v) is 5.21. The van der Waals surface area contributed by atoms with E-state index in [0.29, 0.717) is 0 Å². The van der Waals surface area contributed by atoms with Gasteiger partial charge >= 0.3 is 0 Å². The predicted molar refractivity (Wildman–Crippen MR) is 63.7 cm³/mol. The van der Waals surface area contributed by atoms with Crippen LogP contribution >= 0.6 is 0 Å². The molecule has 0 aliphatic rings. The van der Waals surface area contributed by atoms with Gasteiger partial charge in [-0.2, -0.15) is 0 Å². The van der Waals surface area contributed by atoms with Crippen LogP contribution < -0.4 is 0 Å². The average molecular weight is 190 g/mol. The maximum atomic E-state index is 3.20. The molecule has 0 aromatic carbocycles. The van der Waals surface area contributed by atoms with Gasteiger partial charge in [-0.3, -0.25) is 0 Å². The SMILES string of the molecule is CC(C)(C)C#CCCC#CC(C)(C)C. The fourth-order valence-electron chi connectivity index (χ4n) is 0.780. The highest BCUT2D eigenvalue weighted by Crippen LogP contribution is 2.11. The molecule has 0 atom stereocenters. The second kappa shape index (κ2) is 5.11. The Morgan fingerprint density at radius 3 is 1.14 bits per heavy atom. The second-order valence-electron chi connectivity index (χ2n) is 5.60. The van der Waals surface area contributed by atoms with E-state index in [1.807, 2.05) is 0 Å². The molecule has 0 unspecified atom stereocenters. The van der Waals surface area contributed by atoms with Crippen molar-refractivity contribution in [2.45, 2.75) is 54.4 Å². The van der Waals surface area contributed by atoms with Crippen LogP contribution in [0.4, 0.5) is 0 Å². The maximum absolute atomic E-state index is 3.20. The summed E-state index contributed by atoms with van der Waals surface area (Å²) in [4.78, 5) is 0. The minimum absolute atomic E-state index is 0.122. The lowest BCUT2D eigenvalue weighted by molar-refractivity contribution is 0.569. The molecule has 0 saturated carbocycles. The number of hydrogen-bond acceptors (Lipinski definition) is 0. The largest absolute Gasteiger partial charge is 0.102 e. The van der Waals surface area contributed by atoms with E-state index in [1.54, 1.807) is 0 Å². The van der Waals surface area contributed by atoms with Crippen molar-refractivity contribution in [3.8, 4) is 23.7 Å². The summed E-state index contributed by atoms with van der Waals surface area (Å²) in [5, 5.41) is 0. The van der Waals surface area contributed by atoms with Gasteiger partial charge in [-0.25, -0.2) is 0 Å². The van der Waals surface area contributed by atoms with Gasteiger partial charge in [-0.1, -0.05) is 11.8 Å². The van der Waals surface area contributed by atoms with Crippen molar-refractivity contribution in [1.29, 1.82) is 0 Å². The first-order valence-electron chi connectivity index (χ1n) is 5.21. The summed E-state index contributed by atoms with van der Waals surface area (Å²) >= 11 is 0. The van der Waals surface area contributed by atoms with E-state index in [0.717, 1.165) is 12.8 Å². The van der Waals surface area contributed by atoms with Crippen LogP contribution in [0.5, 0.6) is 0 Å². The summed E-state index contributed by atoms with van der Waals surface area (Å²) in [5.41, 5.74) is 0.245. The summed E-state index contributed by atoms with van der Waals surface area (Å²) in [6.07, 6.45) is 1.78. The van der Waals surface area contributed by atoms with E-state index in [1.165, 1.54) is 0 Å². The van der Waals surface area contributed by atoms with E-state index in [4.69, 9.17) is 0 Å². The van der Waals surface area contributed by atoms with Crippen LogP contribution in [-0.2, 0) is 0 Å². The number of unbranched alkanes of at least 4 members (excludes halogenated alkanes) is 1. The van der Waals surface area contributed by atoms with Gasteiger partial charge in [0.05, 0.1) is 0 Å². The Labute approximate surface area is 89.5 Å². The van der Waals surface area contributed by atoms with Crippen molar-refractivity contribution in [1.82, 2.24) is 0 Å². The predicted octanol–water partition coefficient (Wildman–Crippen LogP) is 3.87. The van der Waals surface area contributed by atoms with Gasteiger partial charge in [-0.15, -0.1) is 11.8 Å². The summed E-state index contributed by atoms with van der Waals surface area (Å²) in [5.74, 6) is 12.7. The van der Waals surface area contributed by atoms with Crippen LogP contribution in [0.3, 0.4) is 0 Å². The fourth-order valence-corrected chi connectivity index (χ4v) is 0.780. The third-order valence-electron chi connectivity index (χ3n) is 1.30. The average Bonchev–Trinajstić information content (AvgIpc) is 1.92. The Balaban J connectivity index is 3.85. The normalized spacial score (nSPS) is 11.0. The Bertz CT molecular complexity index is 240. The highest BCUT2D eigenvalue weighted by atomic mass is 14.1. The first-order chi connectivity index (χ1) is 6.21. The van der Waals surface area contributed by atoms with Crippen LogP contribution in [0, 0.1) is 34.5 Å². The molecule has 0 nitrogen and oxygen atoms in total. The van der Waals surface area contributed by atoms with E-state index in [-0.39, 0.29) is 10.8 Å². The lowest BCUT2D eigenvalue weighted by atomic mass is 9.97. The molecule has 0 heteroatoms. The zero-order valence-electron chi connectivity index (χ0n) is 10.4. The van der Waals surface area contributed by atoms with Gasteiger partial charge in [0.25, 0.3) is 0 Å². The van der Waals surface area contributed by atoms with Crippen molar-refractivity contribution < 1.29 is 0 Å². The van der Waals surface area contributed by atoms with Crippen LogP contribution in [0.25, 0.3) is 0 Å². The molecular formula is C14H22. The standard InChI is InChI=1S/C14H22/c1-13(2,3)11-9-7-8-10-12-14(4,5)6/h7-8H2,1-6H3. The highest BCUT2D eigenvalue weighted by Gasteiger charge is 2.03. The van der Waals surface area contributed by atoms with Gasteiger partial charge in [0.15, 0.2) is 0 Å². The van der Waals surface area contributed by atoms with Crippen LogP contribution in [0.1, 0.15) is 54.4 Å². The van der Waals surface area contributed by atoms with Crippen LogP contribution in [0.2, 0.25) is 0 Å². The summed E-state index contributed by atoms with van der Waals surface area (Å²) in [6, 6.07) is 0. The third kappa shape index (κ3) is 11.1. The quantitative estimate of drug-likeness (QED) is 0.435. The lowest BCUT2D eigenvalue weighted by Gasteiger charge is -2.07. The molecule has 78 valence electrons. The van der Waals surface area contributed by atoms with E-state index in [9.17, 15) is 0 Å². The molecule has 14 heavy (non-hydrogen) atoms. The zero-order chi connectivity index (χ0) is 11.2. The molecule has 0 spiro atoms. The topological polar surface area (TPSA) is 0 Å². The minimum Gasteiger partial charge on any atom is -0.102 e. The van der Waals surface area contributed by atoms with Crippen LogP contribution in [-0.4, -0.2) is 0 Å². The molecule has 0 aliphatic heterocycles. The molecule has 0 rings (SSSR count). The molecule has 0 N–H and O–H groups in total. The molecule has 0 amide bonds. The van der Waals surface area contributed by atoms with Crippen LogP contribution in [0.15, 0.2) is 0 Å². The third-order valence-corrected chi connectivity index (χ3v) is 1.30. The molecule has 0 saturated heterocycles. The van der Waals surface area contributed by atoms with Crippen molar-refractivity contribution >= 4 is 0 Å². The number of hydrogen-bond donors (Lipinski definition) is 0. The van der Waals surface area contributed by atoms with Crippen molar-refractivity contribution in [3.05, 3.63) is 0 Å². The smallest absolute Gasteiger partial charge is 0.0230 e. The molecule has 0 aliphatic carbocycles. The summed E-state index contributed by atoms with van der Waals surface area (Å²) in [7, 11) is 0. The maximum Gasteiger partial charge on any atom is 0.0230 e. The Kier molecular flexibility index (Phi) is 4.79. The van der Waals surface area contributed by atoms with E-state index < -0.39 is 0 Å². The van der Waals surface area contributed by atoms with Gasteiger partial charge in [0, 0.05) is 23.7 Å². The monoisotopic (exact) mass is 190 g/mol. The Morgan fingerprint density at radius 1 is 0.643 bits per heavy atom. The van der Waals surface area contributed by atoms with Gasteiger partial charge < -0.3 is 0 Å². The Morgan fingerprint density at radius 2 is 0.929 bits per heavy atom. The molecular weight excluding hydrogens is 168 g/mol. The van der Waals surface area contributed by atoms with Gasteiger partial charge in [0.2, 0.25) is 0 Å². The molecule has 0 heterocycles. The van der Waals surface area contributed by atoms with Gasteiger partial charge in [-0.05, 0) is 41.5 Å². The Hall–Kier alpha value is -0.880. The summed E-state index contributed by atoms with van der Waals surface area (Å²) < 4.78 is 0. The molecule has 0 aromatic rings. The van der Waals surface area contributed by atoms with Crippen molar-refractivity contribution in [2.24, 2.45) is 10.8 Å². The van der Waals surface area contributed by atoms with Gasteiger partial charge in [0.1, 0.15) is 0 Å². The van der Waals surface area contributed by atoms with E-state index >= 15 is 0 Å². The summed E-state index contributed by atoms with van der Waals surface area (Å²) in [6.45, 7) is 12.8. The van der Waals surface area contributed by atoms with Crippen molar-refractivity contribution in [2.75, 3.05) is 0 Å². The minimum atomic E-state index is 0.122. The highest BCUT2D eigenvalue weighted by molar-refractivity contribution is 5.11. The van der Waals surface area contributed by atoms with E-state index in [2.05, 4.69) is 65.2 Å². The first kappa shape index (κ1) is 13.1. The van der Waals surface area contributed by atoms with Crippen molar-refractivity contribution in [3.63, 3.8) is 0 Å². The molecule has 0 bridgehead atoms. The molecule has 0 fully saturated rings. The number of rotatable bonds is 1. The lowest BCUT2D eigenvalue weighted by Crippen LogP contribution is -1.99. The zero-order valence-corrected chi connectivity index (χ0v) is 10.4. The second-order valence-corrected chi connectivity index (χ2v) is 5.60. The molecule has 0 radical (unpaired) electrons. The molecule has 0 aromatic heterocycles.